The summed E-state index contributed by atoms with van der Waals surface area (Å²) < 4.78 is 14.9. The SMILES string of the molecule is COc1cc(C)c(-c2nc3ccccc3c(=O)n2N=Cc2ccc(OCc3ccc(Br)cc3Br)c(Cl)c2)cc1C(C)C. The summed E-state index contributed by atoms with van der Waals surface area (Å²) in [6.07, 6.45) is 1.60. The summed E-state index contributed by atoms with van der Waals surface area (Å²) in [5.74, 6) is 2.00. The maximum absolute atomic E-state index is 13.7. The van der Waals surface area contributed by atoms with E-state index >= 15 is 0 Å². The Morgan fingerprint density at radius 3 is 2.52 bits per heavy atom. The van der Waals surface area contributed by atoms with E-state index in [9.17, 15) is 4.79 Å². The number of halogens is 3. The second-order valence-electron chi connectivity index (χ2n) is 10.1. The van der Waals surface area contributed by atoms with Crippen molar-refractivity contribution < 1.29 is 9.47 Å². The molecule has 0 unspecified atom stereocenters. The zero-order chi connectivity index (χ0) is 30.0. The molecule has 6 nitrogen and oxygen atoms in total. The van der Waals surface area contributed by atoms with E-state index in [0.717, 1.165) is 36.9 Å². The molecule has 5 rings (SSSR count). The number of nitrogens with zero attached hydrogens (tertiary/aromatic N) is 3. The van der Waals surface area contributed by atoms with Gasteiger partial charge in [-0.25, -0.2) is 4.98 Å². The van der Waals surface area contributed by atoms with Gasteiger partial charge >= 0.3 is 0 Å². The highest BCUT2D eigenvalue weighted by Crippen LogP contribution is 2.34. The van der Waals surface area contributed by atoms with E-state index < -0.39 is 0 Å². The largest absolute Gasteiger partial charge is 0.496 e. The summed E-state index contributed by atoms with van der Waals surface area (Å²) >= 11 is 13.6. The van der Waals surface area contributed by atoms with E-state index in [1.54, 1.807) is 31.5 Å². The van der Waals surface area contributed by atoms with Gasteiger partial charge in [0.25, 0.3) is 5.56 Å². The lowest BCUT2D eigenvalue weighted by Crippen LogP contribution is -2.20. The average Bonchev–Trinajstić information content (AvgIpc) is 2.96. The molecule has 1 aromatic heterocycles. The molecule has 0 bridgehead atoms. The van der Waals surface area contributed by atoms with Gasteiger partial charge in [0, 0.05) is 20.1 Å². The lowest BCUT2D eigenvalue weighted by atomic mass is 9.96. The van der Waals surface area contributed by atoms with E-state index in [-0.39, 0.29) is 11.5 Å². The molecule has 0 aliphatic heterocycles. The molecule has 42 heavy (non-hydrogen) atoms. The van der Waals surface area contributed by atoms with Gasteiger partial charge in [0.15, 0.2) is 5.82 Å². The van der Waals surface area contributed by atoms with Crippen LogP contribution in [-0.2, 0) is 6.61 Å². The highest BCUT2D eigenvalue weighted by molar-refractivity contribution is 9.11. The topological polar surface area (TPSA) is 65.7 Å². The van der Waals surface area contributed by atoms with Crippen LogP contribution < -0.4 is 15.0 Å². The van der Waals surface area contributed by atoms with E-state index in [1.807, 2.05) is 61.5 Å². The van der Waals surface area contributed by atoms with Crippen molar-refractivity contribution in [2.45, 2.75) is 33.3 Å². The smallest absolute Gasteiger partial charge is 0.282 e. The van der Waals surface area contributed by atoms with Crippen LogP contribution in [0.2, 0.25) is 5.02 Å². The first-order valence-electron chi connectivity index (χ1n) is 13.3. The fourth-order valence-electron chi connectivity index (χ4n) is 4.61. The molecule has 0 aliphatic carbocycles. The van der Waals surface area contributed by atoms with Gasteiger partial charge < -0.3 is 9.47 Å². The Hall–Kier alpha value is -3.46. The van der Waals surface area contributed by atoms with Crippen molar-refractivity contribution in [1.29, 1.82) is 0 Å². The molecule has 0 saturated carbocycles. The highest BCUT2D eigenvalue weighted by atomic mass is 79.9. The van der Waals surface area contributed by atoms with Crippen molar-refractivity contribution >= 4 is 60.6 Å². The molecule has 214 valence electrons. The Morgan fingerprint density at radius 2 is 1.81 bits per heavy atom. The van der Waals surface area contributed by atoms with Crippen LogP contribution in [-0.4, -0.2) is 23.0 Å². The Kier molecular flexibility index (Phi) is 9.16. The summed E-state index contributed by atoms with van der Waals surface area (Å²) in [7, 11) is 1.66. The maximum Gasteiger partial charge on any atom is 0.282 e. The molecule has 0 saturated heterocycles. The Balaban J connectivity index is 1.53. The molecule has 5 aromatic rings. The fraction of sp³-hybridized carbons (Fsp3) is 0.182. The molecule has 0 N–H and O–H groups in total. The summed E-state index contributed by atoms with van der Waals surface area (Å²) in [6.45, 7) is 6.53. The van der Waals surface area contributed by atoms with Gasteiger partial charge in [-0.05, 0) is 84.1 Å². The first kappa shape index (κ1) is 30.0. The second kappa shape index (κ2) is 12.8. The average molecular weight is 710 g/mol. The van der Waals surface area contributed by atoms with Crippen LogP contribution in [0, 0.1) is 6.92 Å². The Labute approximate surface area is 266 Å². The van der Waals surface area contributed by atoms with Crippen molar-refractivity contribution in [1.82, 2.24) is 9.66 Å². The molecule has 1 heterocycles. The van der Waals surface area contributed by atoms with E-state index in [2.05, 4.69) is 50.8 Å². The van der Waals surface area contributed by atoms with Crippen molar-refractivity contribution in [3.05, 3.63) is 119 Å². The third kappa shape index (κ3) is 6.31. The third-order valence-electron chi connectivity index (χ3n) is 6.87. The lowest BCUT2D eigenvalue weighted by Gasteiger charge is -2.17. The van der Waals surface area contributed by atoms with Crippen LogP contribution in [0.25, 0.3) is 22.3 Å². The first-order valence-corrected chi connectivity index (χ1v) is 15.2. The van der Waals surface area contributed by atoms with Crippen LogP contribution in [0.3, 0.4) is 0 Å². The molecular formula is C33H28Br2ClN3O3. The molecule has 0 amide bonds. The Bertz CT molecular complexity index is 1890. The van der Waals surface area contributed by atoms with Crippen molar-refractivity contribution in [3.8, 4) is 22.9 Å². The predicted octanol–water partition coefficient (Wildman–Crippen LogP) is 9.14. The van der Waals surface area contributed by atoms with Crippen molar-refractivity contribution in [2.75, 3.05) is 7.11 Å². The van der Waals surface area contributed by atoms with Gasteiger partial charge in [-0.15, -0.1) is 0 Å². The number of aryl methyl sites for hydroxylation is 1. The monoisotopic (exact) mass is 707 g/mol. The van der Waals surface area contributed by atoms with Crippen LogP contribution >= 0.6 is 43.5 Å². The normalized spacial score (nSPS) is 11.5. The maximum atomic E-state index is 13.7. The molecule has 0 fully saturated rings. The fourth-order valence-corrected chi connectivity index (χ4v) is 6.01. The first-order chi connectivity index (χ1) is 20.2. The minimum Gasteiger partial charge on any atom is -0.496 e. The minimum absolute atomic E-state index is 0.205. The number of para-hydroxylation sites is 1. The van der Waals surface area contributed by atoms with Gasteiger partial charge in [0.2, 0.25) is 0 Å². The molecule has 0 atom stereocenters. The predicted molar refractivity (Wildman–Crippen MR) is 177 cm³/mol. The summed E-state index contributed by atoms with van der Waals surface area (Å²) in [6, 6.07) is 22.6. The second-order valence-corrected chi connectivity index (χ2v) is 12.3. The van der Waals surface area contributed by atoms with Gasteiger partial charge in [0.1, 0.15) is 18.1 Å². The van der Waals surface area contributed by atoms with E-state index in [1.165, 1.54) is 4.68 Å². The number of methoxy groups -OCH3 is 1. The summed E-state index contributed by atoms with van der Waals surface area (Å²) in [4.78, 5) is 18.6. The van der Waals surface area contributed by atoms with Gasteiger partial charge in [-0.3, -0.25) is 4.79 Å². The standard InChI is InChI=1S/C33H28Br2ClN3O3/c1-19(2)25-16-26(20(3)13-31(25)41-4)32-38-29-8-6-5-7-24(29)33(40)39(32)37-17-21-9-12-30(28(36)14-21)42-18-22-10-11-23(34)15-27(22)35/h5-17,19H,18H2,1-4H3. The molecule has 0 aliphatic rings. The third-order valence-corrected chi connectivity index (χ3v) is 8.40. The van der Waals surface area contributed by atoms with Gasteiger partial charge in [-0.1, -0.05) is 75.5 Å². The van der Waals surface area contributed by atoms with Gasteiger partial charge in [0.05, 0.1) is 29.2 Å². The van der Waals surface area contributed by atoms with Crippen LogP contribution in [0.5, 0.6) is 11.5 Å². The minimum atomic E-state index is -0.265. The zero-order valence-electron chi connectivity index (χ0n) is 23.5. The number of rotatable bonds is 8. The van der Waals surface area contributed by atoms with Crippen LogP contribution in [0.4, 0.5) is 0 Å². The van der Waals surface area contributed by atoms with Gasteiger partial charge in [-0.2, -0.15) is 9.78 Å². The molecule has 0 spiro atoms. The molecule has 9 heteroatoms. The van der Waals surface area contributed by atoms with Crippen LogP contribution in [0.15, 0.2) is 91.6 Å². The van der Waals surface area contributed by atoms with E-state index in [4.69, 9.17) is 26.1 Å². The molecular weight excluding hydrogens is 682 g/mol. The quantitative estimate of drug-likeness (QED) is 0.151. The number of hydrogen-bond donors (Lipinski definition) is 0. The summed E-state index contributed by atoms with van der Waals surface area (Å²) in [5, 5.41) is 5.54. The number of benzene rings is 4. The number of ether oxygens (including phenoxy) is 2. The Morgan fingerprint density at radius 1 is 1.02 bits per heavy atom. The lowest BCUT2D eigenvalue weighted by molar-refractivity contribution is 0.305. The number of hydrogen-bond acceptors (Lipinski definition) is 5. The van der Waals surface area contributed by atoms with Crippen molar-refractivity contribution in [2.24, 2.45) is 5.10 Å². The van der Waals surface area contributed by atoms with Crippen molar-refractivity contribution in [3.63, 3.8) is 0 Å². The highest BCUT2D eigenvalue weighted by Gasteiger charge is 2.18. The molecule has 0 radical (unpaired) electrons. The number of aromatic nitrogens is 2. The number of fused-ring (bicyclic) bond motifs is 1. The van der Waals surface area contributed by atoms with Crippen LogP contribution in [0.1, 0.15) is 42.0 Å². The molecule has 4 aromatic carbocycles. The summed E-state index contributed by atoms with van der Waals surface area (Å²) in [5.41, 5.74) is 4.78. The van der Waals surface area contributed by atoms with E-state index in [0.29, 0.717) is 39.7 Å². The zero-order valence-corrected chi connectivity index (χ0v) is 27.4.